The average molecular weight is 296 g/mol. The first-order chi connectivity index (χ1) is 9.60. The number of H-pyrrole nitrogens is 1. The number of hydrogen-bond acceptors (Lipinski definition) is 5. The Bertz CT molecular complexity index is 600. The summed E-state index contributed by atoms with van der Waals surface area (Å²) in [6, 6.07) is 4.37. The molecule has 0 saturated carbocycles. The summed E-state index contributed by atoms with van der Waals surface area (Å²) in [5.74, 6) is 2.46. The first kappa shape index (κ1) is 14.9. The molecule has 0 aliphatic carbocycles. The zero-order valence-electron chi connectivity index (χ0n) is 12.0. The maximum absolute atomic E-state index is 11.4. The van der Waals surface area contributed by atoms with Crippen molar-refractivity contribution >= 4 is 11.8 Å². The van der Waals surface area contributed by atoms with Gasteiger partial charge in [0.25, 0.3) is 0 Å². The van der Waals surface area contributed by atoms with Gasteiger partial charge in [0.1, 0.15) is 11.5 Å². The number of rotatable bonds is 7. The van der Waals surface area contributed by atoms with Gasteiger partial charge in [0.2, 0.25) is 0 Å². The second-order valence-corrected chi connectivity index (χ2v) is 5.69. The monoisotopic (exact) mass is 296 g/mol. The predicted octanol–water partition coefficient (Wildman–Crippen LogP) is 1.97. The standard InChI is InChI=1S/C13H20N4O2S/c1-4-17-12(18)15-16-13(17)20-8-11-6-5-10(19-11)7-14-9(2)3/h5-6,9,14H,4,7-8H2,1-3H3,(H,15,18). The van der Waals surface area contributed by atoms with E-state index in [1.165, 1.54) is 11.8 Å². The third-order valence-corrected chi connectivity index (χ3v) is 3.78. The number of nitrogens with zero attached hydrogens (tertiary/aromatic N) is 2. The number of aromatic nitrogens is 3. The molecule has 2 N–H and O–H groups in total. The molecule has 0 aliphatic rings. The molecule has 0 saturated heterocycles. The van der Waals surface area contributed by atoms with Crippen molar-refractivity contribution < 1.29 is 4.42 Å². The molecule has 0 fully saturated rings. The van der Waals surface area contributed by atoms with Crippen molar-refractivity contribution in [2.75, 3.05) is 0 Å². The largest absolute Gasteiger partial charge is 0.464 e. The Balaban J connectivity index is 1.92. The second kappa shape index (κ2) is 6.81. The van der Waals surface area contributed by atoms with Crippen LogP contribution in [-0.4, -0.2) is 20.8 Å². The van der Waals surface area contributed by atoms with E-state index in [-0.39, 0.29) is 5.69 Å². The lowest BCUT2D eigenvalue weighted by Gasteiger charge is -2.05. The number of thioether (sulfide) groups is 1. The summed E-state index contributed by atoms with van der Waals surface area (Å²) >= 11 is 1.49. The van der Waals surface area contributed by atoms with E-state index in [1.54, 1.807) is 4.57 Å². The van der Waals surface area contributed by atoms with Crippen LogP contribution in [0.2, 0.25) is 0 Å². The van der Waals surface area contributed by atoms with Crippen molar-refractivity contribution in [3.8, 4) is 0 Å². The third kappa shape index (κ3) is 3.77. The third-order valence-electron chi connectivity index (χ3n) is 2.78. The van der Waals surface area contributed by atoms with Crippen molar-refractivity contribution in [2.24, 2.45) is 0 Å². The molecule has 0 bridgehead atoms. The van der Waals surface area contributed by atoms with E-state index in [0.29, 0.717) is 23.5 Å². The number of hydrogen-bond donors (Lipinski definition) is 2. The fourth-order valence-corrected chi connectivity index (χ4v) is 2.63. The number of nitrogens with one attached hydrogen (secondary N) is 2. The summed E-state index contributed by atoms with van der Waals surface area (Å²) < 4.78 is 7.33. The minimum Gasteiger partial charge on any atom is -0.464 e. The Labute approximate surface area is 121 Å². The molecule has 6 nitrogen and oxygen atoms in total. The van der Waals surface area contributed by atoms with Crippen LogP contribution in [0.25, 0.3) is 0 Å². The zero-order chi connectivity index (χ0) is 14.5. The Morgan fingerprint density at radius 2 is 2.20 bits per heavy atom. The molecule has 0 aromatic carbocycles. The molecule has 2 rings (SSSR count). The average Bonchev–Trinajstić information content (AvgIpc) is 3.00. The lowest BCUT2D eigenvalue weighted by atomic mass is 10.3. The summed E-state index contributed by atoms with van der Waals surface area (Å²) in [6.45, 7) is 7.45. The highest BCUT2D eigenvalue weighted by Gasteiger charge is 2.09. The number of furan rings is 1. The van der Waals surface area contributed by atoms with Gasteiger partial charge < -0.3 is 9.73 Å². The second-order valence-electron chi connectivity index (χ2n) is 4.75. The minimum atomic E-state index is -0.170. The van der Waals surface area contributed by atoms with E-state index in [0.717, 1.165) is 18.1 Å². The van der Waals surface area contributed by atoms with Gasteiger partial charge in [-0.25, -0.2) is 9.89 Å². The summed E-state index contributed by atoms with van der Waals surface area (Å²) in [4.78, 5) is 11.4. The van der Waals surface area contributed by atoms with Gasteiger partial charge in [-0.1, -0.05) is 25.6 Å². The molecule has 20 heavy (non-hydrogen) atoms. The van der Waals surface area contributed by atoms with Gasteiger partial charge in [0.15, 0.2) is 5.16 Å². The molecule has 2 heterocycles. The predicted molar refractivity (Wildman–Crippen MR) is 78.8 cm³/mol. The van der Waals surface area contributed by atoms with Gasteiger partial charge >= 0.3 is 5.69 Å². The number of aromatic amines is 1. The molecule has 0 unspecified atom stereocenters. The van der Waals surface area contributed by atoms with Crippen LogP contribution < -0.4 is 11.0 Å². The SMILES string of the molecule is CCn1c(SCc2ccc(CNC(C)C)o2)n[nH]c1=O. The van der Waals surface area contributed by atoms with Crippen LogP contribution in [0.1, 0.15) is 32.3 Å². The summed E-state index contributed by atoms with van der Waals surface area (Å²) in [5, 5.41) is 10.5. The zero-order valence-corrected chi connectivity index (χ0v) is 12.8. The van der Waals surface area contributed by atoms with E-state index in [2.05, 4.69) is 29.4 Å². The van der Waals surface area contributed by atoms with Crippen LogP contribution >= 0.6 is 11.8 Å². The minimum absolute atomic E-state index is 0.170. The summed E-state index contributed by atoms with van der Waals surface area (Å²) in [7, 11) is 0. The van der Waals surface area contributed by atoms with E-state index in [4.69, 9.17) is 4.42 Å². The van der Waals surface area contributed by atoms with Crippen LogP contribution in [-0.2, 0) is 18.8 Å². The van der Waals surface area contributed by atoms with E-state index < -0.39 is 0 Å². The molecular weight excluding hydrogens is 276 g/mol. The van der Waals surface area contributed by atoms with Crippen LogP contribution in [0, 0.1) is 0 Å². The van der Waals surface area contributed by atoms with Crippen molar-refractivity contribution in [2.45, 2.75) is 50.8 Å². The van der Waals surface area contributed by atoms with Crippen molar-refractivity contribution in [3.63, 3.8) is 0 Å². The van der Waals surface area contributed by atoms with E-state index in [1.807, 2.05) is 19.1 Å². The lowest BCUT2D eigenvalue weighted by Crippen LogP contribution is -2.21. The Morgan fingerprint density at radius 3 is 2.90 bits per heavy atom. The van der Waals surface area contributed by atoms with Crippen LogP contribution in [0.5, 0.6) is 0 Å². The molecule has 110 valence electrons. The first-order valence-electron chi connectivity index (χ1n) is 6.69. The molecule has 0 aliphatic heterocycles. The van der Waals surface area contributed by atoms with E-state index in [9.17, 15) is 4.79 Å². The topological polar surface area (TPSA) is 75.8 Å². The highest BCUT2D eigenvalue weighted by molar-refractivity contribution is 7.98. The van der Waals surface area contributed by atoms with Gasteiger partial charge in [-0.15, -0.1) is 5.10 Å². The van der Waals surface area contributed by atoms with E-state index >= 15 is 0 Å². The molecule has 0 atom stereocenters. The maximum atomic E-state index is 11.4. The normalized spacial score (nSPS) is 11.4. The quantitative estimate of drug-likeness (QED) is 0.764. The molecule has 0 spiro atoms. The van der Waals surface area contributed by atoms with Crippen LogP contribution in [0.4, 0.5) is 0 Å². The first-order valence-corrected chi connectivity index (χ1v) is 7.67. The van der Waals surface area contributed by atoms with Crippen molar-refractivity contribution in [1.29, 1.82) is 0 Å². The molecule has 7 heteroatoms. The molecule has 2 aromatic heterocycles. The molecule has 2 aromatic rings. The fourth-order valence-electron chi connectivity index (χ4n) is 1.73. The molecular formula is C13H20N4O2S. The molecule has 0 amide bonds. The van der Waals surface area contributed by atoms with Crippen LogP contribution in [0.15, 0.2) is 26.5 Å². The van der Waals surface area contributed by atoms with Gasteiger partial charge in [-0.2, -0.15) is 0 Å². The Hall–Kier alpha value is -1.47. The Morgan fingerprint density at radius 1 is 1.45 bits per heavy atom. The van der Waals surface area contributed by atoms with Gasteiger partial charge in [0, 0.05) is 12.6 Å². The van der Waals surface area contributed by atoms with Gasteiger partial charge in [-0.3, -0.25) is 4.57 Å². The highest BCUT2D eigenvalue weighted by Crippen LogP contribution is 2.21. The van der Waals surface area contributed by atoms with Crippen molar-refractivity contribution in [1.82, 2.24) is 20.1 Å². The highest BCUT2D eigenvalue weighted by atomic mass is 32.2. The Kier molecular flexibility index (Phi) is 5.08. The van der Waals surface area contributed by atoms with Gasteiger partial charge in [-0.05, 0) is 19.1 Å². The molecule has 0 radical (unpaired) electrons. The smallest absolute Gasteiger partial charge is 0.343 e. The van der Waals surface area contributed by atoms with Crippen molar-refractivity contribution in [3.05, 3.63) is 34.1 Å². The summed E-state index contributed by atoms with van der Waals surface area (Å²) in [5.41, 5.74) is -0.170. The fraction of sp³-hybridized carbons (Fsp3) is 0.538. The van der Waals surface area contributed by atoms with Crippen LogP contribution in [0.3, 0.4) is 0 Å². The lowest BCUT2D eigenvalue weighted by molar-refractivity contribution is 0.445. The van der Waals surface area contributed by atoms with Gasteiger partial charge in [0.05, 0.1) is 12.3 Å². The summed E-state index contributed by atoms with van der Waals surface area (Å²) in [6.07, 6.45) is 0. The maximum Gasteiger partial charge on any atom is 0.343 e.